The lowest BCUT2D eigenvalue weighted by atomic mass is 9.97. The Labute approximate surface area is 120 Å². The fraction of sp³-hybridized carbons (Fsp3) is 0.357. The van der Waals surface area contributed by atoms with Crippen LogP contribution in [0.15, 0.2) is 33.3 Å². The predicted octanol–water partition coefficient (Wildman–Crippen LogP) is 3.11. The molecule has 0 spiro atoms. The molecule has 5 heteroatoms. The normalized spacial score (nSPS) is 20.0. The van der Waals surface area contributed by atoms with Gasteiger partial charge >= 0.3 is 0 Å². The molecule has 0 saturated carbocycles. The summed E-state index contributed by atoms with van der Waals surface area (Å²) >= 11 is 3.67. The van der Waals surface area contributed by atoms with Crippen LogP contribution in [-0.4, -0.2) is 30.2 Å². The number of hydrogen-bond acceptors (Lipinski definition) is 4. The Balaban J connectivity index is 1.89. The summed E-state index contributed by atoms with van der Waals surface area (Å²) in [6.07, 6.45) is 1.21. The number of nitrogens with zero attached hydrogens (tertiary/aromatic N) is 2. The molecule has 1 unspecified atom stereocenters. The van der Waals surface area contributed by atoms with Gasteiger partial charge in [0, 0.05) is 22.6 Å². The molecule has 1 fully saturated rings. The van der Waals surface area contributed by atoms with E-state index >= 15 is 0 Å². The van der Waals surface area contributed by atoms with E-state index in [4.69, 9.17) is 10.3 Å². The van der Waals surface area contributed by atoms with Crippen LogP contribution >= 0.6 is 15.9 Å². The first-order chi connectivity index (χ1) is 9.13. The number of nitrogen functional groups attached to an aromatic ring is 1. The van der Waals surface area contributed by atoms with Gasteiger partial charge in [0.2, 0.25) is 0 Å². The zero-order chi connectivity index (χ0) is 13.4. The number of halogens is 1. The van der Waals surface area contributed by atoms with Gasteiger partial charge in [0.25, 0.3) is 0 Å². The first kappa shape index (κ1) is 12.7. The topological polar surface area (TPSA) is 55.3 Å². The third kappa shape index (κ3) is 2.53. The second-order valence-electron chi connectivity index (χ2n) is 5.10. The lowest BCUT2D eigenvalue weighted by Crippen LogP contribution is -2.13. The van der Waals surface area contributed by atoms with Gasteiger partial charge < -0.3 is 15.2 Å². The SMILES string of the molecule is CN1CCC(c2ccc(-c3cc(N)no3)cc2Br)C1. The molecule has 0 bridgehead atoms. The first-order valence-electron chi connectivity index (χ1n) is 6.34. The molecular weight excluding hydrogens is 306 g/mol. The first-order valence-corrected chi connectivity index (χ1v) is 7.13. The van der Waals surface area contributed by atoms with Crippen molar-refractivity contribution in [2.45, 2.75) is 12.3 Å². The van der Waals surface area contributed by atoms with Crippen molar-refractivity contribution >= 4 is 21.7 Å². The minimum absolute atomic E-state index is 0.410. The van der Waals surface area contributed by atoms with E-state index in [2.05, 4.69) is 51.2 Å². The summed E-state index contributed by atoms with van der Waals surface area (Å²) in [6, 6.07) is 8.05. The molecule has 1 aliphatic heterocycles. The number of likely N-dealkylation sites (N-methyl/N-ethyl adjacent to an activating group) is 1. The highest BCUT2D eigenvalue weighted by Gasteiger charge is 2.23. The van der Waals surface area contributed by atoms with E-state index in [1.165, 1.54) is 12.0 Å². The van der Waals surface area contributed by atoms with E-state index in [0.29, 0.717) is 17.5 Å². The Morgan fingerprint density at radius 3 is 2.84 bits per heavy atom. The minimum atomic E-state index is 0.410. The van der Waals surface area contributed by atoms with Gasteiger partial charge in [0.1, 0.15) is 0 Å². The number of aromatic nitrogens is 1. The Kier molecular flexibility index (Phi) is 3.33. The zero-order valence-corrected chi connectivity index (χ0v) is 12.4. The largest absolute Gasteiger partial charge is 0.381 e. The smallest absolute Gasteiger partial charge is 0.169 e. The van der Waals surface area contributed by atoms with Crippen molar-refractivity contribution in [3.63, 3.8) is 0 Å². The maximum Gasteiger partial charge on any atom is 0.169 e. The van der Waals surface area contributed by atoms with Crippen molar-refractivity contribution in [3.8, 4) is 11.3 Å². The highest BCUT2D eigenvalue weighted by atomic mass is 79.9. The predicted molar refractivity (Wildman–Crippen MR) is 78.9 cm³/mol. The molecule has 1 aromatic heterocycles. The van der Waals surface area contributed by atoms with Gasteiger partial charge in [-0.1, -0.05) is 33.2 Å². The van der Waals surface area contributed by atoms with Gasteiger partial charge in [-0.25, -0.2) is 0 Å². The second kappa shape index (κ2) is 4.98. The Morgan fingerprint density at radius 1 is 1.42 bits per heavy atom. The number of hydrogen-bond donors (Lipinski definition) is 1. The summed E-state index contributed by atoms with van der Waals surface area (Å²) in [5, 5.41) is 3.71. The molecule has 1 aliphatic rings. The molecular formula is C14H16BrN3O. The number of benzene rings is 1. The Hall–Kier alpha value is -1.33. The summed E-state index contributed by atoms with van der Waals surface area (Å²) in [4.78, 5) is 2.36. The van der Waals surface area contributed by atoms with Crippen LogP contribution in [0.3, 0.4) is 0 Å². The molecule has 3 rings (SSSR count). The number of rotatable bonds is 2. The highest BCUT2D eigenvalue weighted by Crippen LogP contribution is 2.34. The standard InChI is InChI=1S/C14H16BrN3O/c1-18-5-4-10(8-18)11-3-2-9(6-12(11)15)13-7-14(16)17-19-13/h2-3,6-7,10H,4-5,8H2,1H3,(H2,16,17). The third-order valence-corrected chi connectivity index (χ3v) is 4.33. The summed E-state index contributed by atoms with van der Waals surface area (Å²) in [7, 11) is 2.17. The van der Waals surface area contributed by atoms with Crippen molar-refractivity contribution in [2.75, 3.05) is 25.9 Å². The highest BCUT2D eigenvalue weighted by molar-refractivity contribution is 9.10. The molecule has 4 nitrogen and oxygen atoms in total. The molecule has 0 radical (unpaired) electrons. The maximum absolute atomic E-state index is 5.58. The van der Waals surface area contributed by atoms with Crippen LogP contribution in [0.2, 0.25) is 0 Å². The molecule has 1 saturated heterocycles. The average Bonchev–Trinajstić information content (AvgIpc) is 2.98. The van der Waals surface area contributed by atoms with Crippen LogP contribution in [-0.2, 0) is 0 Å². The van der Waals surface area contributed by atoms with E-state index in [0.717, 1.165) is 23.1 Å². The van der Waals surface area contributed by atoms with Crippen LogP contribution < -0.4 is 5.73 Å². The van der Waals surface area contributed by atoms with Crippen LogP contribution in [0, 0.1) is 0 Å². The van der Waals surface area contributed by atoms with Crippen molar-refractivity contribution in [1.29, 1.82) is 0 Å². The van der Waals surface area contributed by atoms with Crippen LogP contribution in [0.1, 0.15) is 17.9 Å². The molecule has 0 amide bonds. The van der Waals surface area contributed by atoms with Gasteiger partial charge in [0.15, 0.2) is 11.6 Å². The summed E-state index contributed by atoms with van der Waals surface area (Å²) in [5.41, 5.74) is 7.93. The Bertz CT molecular complexity index is 596. The number of anilines is 1. The number of likely N-dealkylation sites (tertiary alicyclic amines) is 1. The maximum atomic E-state index is 5.58. The third-order valence-electron chi connectivity index (χ3n) is 3.64. The van der Waals surface area contributed by atoms with Gasteiger partial charge in [-0.15, -0.1) is 0 Å². The molecule has 19 heavy (non-hydrogen) atoms. The van der Waals surface area contributed by atoms with E-state index in [9.17, 15) is 0 Å². The lowest BCUT2D eigenvalue weighted by molar-refractivity contribution is 0.411. The van der Waals surface area contributed by atoms with Crippen molar-refractivity contribution in [2.24, 2.45) is 0 Å². The van der Waals surface area contributed by atoms with Gasteiger partial charge in [-0.05, 0) is 37.6 Å². The molecule has 1 atom stereocenters. The average molecular weight is 322 g/mol. The van der Waals surface area contributed by atoms with Crippen LogP contribution in [0.5, 0.6) is 0 Å². The summed E-state index contributed by atoms with van der Waals surface area (Å²) < 4.78 is 6.31. The summed E-state index contributed by atoms with van der Waals surface area (Å²) in [5.74, 6) is 1.72. The molecule has 0 aliphatic carbocycles. The van der Waals surface area contributed by atoms with Gasteiger partial charge in [0.05, 0.1) is 0 Å². The molecule has 2 N–H and O–H groups in total. The fourth-order valence-electron chi connectivity index (χ4n) is 2.63. The van der Waals surface area contributed by atoms with E-state index in [1.807, 2.05) is 0 Å². The van der Waals surface area contributed by atoms with E-state index < -0.39 is 0 Å². The molecule has 100 valence electrons. The molecule has 1 aromatic carbocycles. The van der Waals surface area contributed by atoms with E-state index in [-0.39, 0.29) is 0 Å². The monoisotopic (exact) mass is 321 g/mol. The minimum Gasteiger partial charge on any atom is -0.381 e. The number of nitrogens with two attached hydrogens (primary N) is 1. The van der Waals surface area contributed by atoms with Crippen LogP contribution in [0.4, 0.5) is 5.82 Å². The zero-order valence-electron chi connectivity index (χ0n) is 10.8. The Morgan fingerprint density at radius 2 is 2.26 bits per heavy atom. The van der Waals surface area contributed by atoms with Gasteiger partial charge in [-0.2, -0.15) is 0 Å². The van der Waals surface area contributed by atoms with Crippen LogP contribution in [0.25, 0.3) is 11.3 Å². The van der Waals surface area contributed by atoms with Gasteiger partial charge in [-0.3, -0.25) is 0 Å². The van der Waals surface area contributed by atoms with Crippen molar-refractivity contribution in [3.05, 3.63) is 34.3 Å². The quantitative estimate of drug-likeness (QED) is 0.923. The van der Waals surface area contributed by atoms with E-state index in [1.54, 1.807) is 6.07 Å². The van der Waals surface area contributed by atoms with Crippen molar-refractivity contribution < 1.29 is 4.52 Å². The second-order valence-corrected chi connectivity index (χ2v) is 5.95. The lowest BCUT2D eigenvalue weighted by Gasteiger charge is -2.13. The summed E-state index contributed by atoms with van der Waals surface area (Å²) in [6.45, 7) is 2.28. The van der Waals surface area contributed by atoms with Crippen molar-refractivity contribution in [1.82, 2.24) is 10.1 Å². The molecule has 2 heterocycles. The molecule has 2 aromatic rings. The fourth-order valence-corrected chi connectivity index (χ4v) is 3.33.